The first kappa shape index (κ1) is 24.5. The molecule has 0 unspecified atom stereocenters. The molecule has 0 amide bonds. The van der Waals surface area contributed by atoms with Crippen molar-refractivity contribution in [3.63, 3.8) is 0 Å². The zero-order chi connectivity index (χ0) is 9.44. The summed E-state index contributed by atoms with van der Waals surface area (Å²) in [6, 6.07) is 0. The average Bonchev–Trinajstić information content (AvgIpc) is 1.56. The topological polar surface area (TPSA) is 17.1 Å². The standard InChI is InChI=1S/C5H14P2.CH2OS2.2Pt/c1-6(2)5-7(3)4;2-1(3)4;;/h5H2,1-4H3;(H2,2,3,4);;. The molecule has 0 aromatic rings. The molecule has 0 aliphatic carbocycles. The molecular weight excluding hydrogens is 604 g/mol. The molecule has 0 aromatic heterocycles. The van der Waals surface area contributed by atoms with Gasteiger partial charge in [-0.05, 0) is 0 Å². The van der Waals surface area contributed by atoms with E-state index in [0.717, 1.165) is 0 Å². The minimum atomic E-state index is -0.667. The van der Waals surface area contributed by atoms with Gasteiger partial charge in [-0.15, -0.1) is 4.45 Å². The van der Waals surface area contributed by atoms with Crippen molar-refractivity contribution in [2.45, 2.75) is 0 Å². The first-order chi connectivity index (χ1) is 4.86. The Morgan fingerprint density at radius 2 is 1.15 bits per heavy atom. The molecule has 0 aliphatic heterocycles. The number of carbonyl (C=O) groups excluding carboxylic acids is 1. The van der Waals surface area contributed by atoms with Crippen molar-refractivity contribution in [2.75, 3.05) is 32.6 Å². The third-order valence-electron chi connectivity index (χ3n) is 0.707. The van der Waals surface area contributed by atoms with Gasteiger partial charge in [0.05, 0.1) is 0 Å². The third-order valence-corrected chi connectivity index (χ3v) is 6.36. The molecular formula is C6H16OP2Pt2S2. The van der Waals surface area contributed by atoms with Gasteiger partial charge >= 0.3 is 0 Å². The van der Waals surface area contributed by atoms with Gasteiger partial charge in [-0.1, -0.05) is 0 Å². The van der Waals surface area contributed by atoms with E-state index < -0.39 is 4.45 Å². The molecule has 7 heteroatoms. The van der Waals surface area contributed by atoms with Gasteiger partial charge in [0.1, 0.15) is 0 Å². The summed E-state index contributed by atoms with van der Waals surface area (Å²) < 4.78 is -0.667. The maximum atomic E-state index is 9.07. The number of carbonyl (C=O) groups is 1. The smallest absolute Gasteiger partial charge is 0.154 e. The van der Waals surface area contributed by atoms with Crippen LogP contribution in [0.15, 0.2) is 0 Å². The molecule has 0 heterocycles. The number of hydrogen-bond donors (Lipinski definition) is 0. The molecule has 0 saturated heterocycles. The fourth-order valence-electron chi connectivity index (χ4n) is 0.707. The Kier molecular flexibility index (Phi) is 31.6. The summed E-state index contributed by atoms with van der Waals surface area (Å²) in [5.41, 5.74) is 0. The van der Waals surface area contributed by atoms with Crippen LogP contribution < -0.4 is 0 Å². The van der Waals surface area contributed by atoms with Crippen molar-refractivity contribution in [1.82, 2.24) is 0 Å². The van der Waals surface area contributed by atoms with Gasteiger partial charge in [0.25, 0.3) is 0 Å². The fraction of sp³-hybridized carbons (Fsp3) is 0.833. The Morgan fingerprint density at radius 1 is 1.00 bits per heavy atom. The van der Waals surface area contributed by atoms with Crippen molar-refractivity contribution in [1.29, 1.82) is 0 Å². The van der Waals surface area contributed by atoms with Crippen LogP contribution in [0.1, 0.15) is 0 Å². The Labute approximate surface area is 124 Å². The van der Waals surface area contributed by atoms with Gasteiger partial charge in [-0.3, -0.25) is 0 Å². The molecule has 0 rings (SSSR count). The van der Waals surface area contributed by atoms with E-state index in [9.17, 15) is 0 Å². The van der Waals surface area contributed by atoms with Crippen LogP contribution in [0.25, 0.3) is 0 Å². The van der Waals surface area contributed by atoms with E-state index in [-0.39, 0.29) is 58.0 Å². The SMILES string of the molecule is C[PH+](C)C[PH+](C)C.O=C([S-])[S-].[Pt].[Pt]. The van der Waals surface area contributed by atoms with Crippen molar-refractivity contribution in [2.24, 2.45) is 0 Å². The second-order valence-corrected chi connectivity index (χ2v) is 10.1. The van der Waals surface area contributed by atoms with Crippen LogP contribution in [0.3, 0.4) is 0 Å². The Morgan fingerprint density at radius 3 is 1.15 bits per heavy atom. The second kappa shape index (κ2) is 16.8. The molecule has 88 valence electrons. The van der Waals surface area contributed by atoms with Gasteiger partial charge in [0.15, 0.2) is 5.90 Å². The van der Waals surface area contributed by atoms with Crippen molar-refractivity contribution in [3.8, 4) is 0 Å². The van der Waals surface area contributed by atoms with Crippen LogP contribution in [0.5, 0.6) is 0 Å². The van der Waals surface area contributed by atoms with E-state index in [1.807, 2.05) is 0 Å². The van der Waals surface area contributed by atoms with Crippen LogP contribution in [-0.4, -0.2) is 37.0 Å². The normalized spacial score (nSPS) is 7.85. The van der Waals surface area contributed by atoms with E-state index in [1.54, 1.807) is 5.90 Å². The summed E-state index contributed by atoms with van der Waals surface area (Å²) >= 11 is 7.59. The predicted octanol–water partition coefficient (Wildman–Crippen LogP) is 2.09. The summed E-state index contributed by atoms with van der Waals surface area (Å²) in [7, 11) is 0.222. The maximum Gasteiger partial charge on any atom is 0.154 e. The van der Waals surface area contributed by atoms with Gasteiger partial charge in [0.2, 0.25) is 0 Å². The minimum absolute atomic E-state index is 0. The van der Waals surface area contributed by atoms with Crippen molar-refractivity contribution in [3.05, 3.63) is 0 Å². The monoisotopic (exact) mass is 620 g/mol. The van der Waals surface area contributed by atoms with E-state index in [0.29, 0.717) is 0 Å². The summed E-state index contributed by atoms with van der Waals surface area (Å²) in [4.78, 5) is 9.07. The third kappa shape index (κ3) is 54.3. The molecule has 1 nitrogen and oxygen atoms in total. The molecule has 0 aromatic carbocycles. The van der Waals surface area contributed by atoms with Crippen LogP contribution in [0.2, 0.25) is 0 Å². The van der Waals surface area contributed by atoms with E-state index >= 15 is 0 Å². The molecule has 13 heavy (non-hydrogen) atoms. The Balaban J connectivity index is -0.0000000600. The molecule has 0 spiro atoms. The zero-order valence-corrected chi connectivity index (χ0v) is 16.2. The molecule has 0 saturated carbocycles. The summed E-state index contributed by atoms with van der Waals surface area (Å²) in [6.45, 7) is 9.56. The molecule has 0 bridgehead atoms. The summed E-state index contributed by atoms with van der Waals surface area (Å²) in [5, 5.41) is 0. The first-order valence-corrected chi connectivity index (χ1v) is 9.55. The quantitative estimate of drug-likeness (QED) is 0.348. The summed E-state index contributed by atoms with van der Waals surface area (Å²) in [5.74, 6) is 1.56. The largest absolute Gasteiger partial charge is 0.767 e. The molecule has 0 aliphatic rings. The van der Waals surface area contributed by atoms with Gasteiger partial charge < -0.3 is 30.1 Å². The fourth-order valence-corrected chi connectivity index (χ4v) is 6.36. The maximum absolute atomic E-state index is 9.07. The van der Waals surface area contributed by atoms with Gasteiger partial charge in [-0.2, -0.15) is 0 Å². The molecule has 0 radical (unpaired) electrons. The van der Waals surface area contributed by atoms with Crippen molar-refractivity contribution < 1.29 is 46.9 Å². The summed E-state index contributed by atoms with van der Waals surface area (Å²) in [6.07, 6.45) is 0. The Hall–Kier alpha value is 2.35. The minimum Gasteiger partial charge on any atom is -0.767 e. The average molecular weight is 620 g/mol. The predicted molar refractivity (Wildman–Crippen MR) is 65.3 cm³/mol. The van der Waals surface area contributed by atoms with Crippen LogP contribution in [-0.2, 0) is 67.4 Å². The van der Waals surface area contributed by atoms with E-state index in [1.165, 1.54) is 0 Å². The van der Waals surface area contributed by atoms with Crippen molar-refractivity contribution >= 4 is 45.5 Å². The number of rotatable bonds is 2. The number of hydrogen-bond acceptors (Lipinski definition) is 3. The van der Waals surface area contributed by atoms with Gasteiger partial charge in [-0.25, -0.2) is 0 Å². The molecule has 0 atom stereocenters. The van der Waals surface area contributed by atoms with Crippen LogP contribution in [0, 0.1) is 0 Å². The zero-order valence-electron chi connectivity index (χ0n) is 8.06. The molecule has 0 fully saturated rings. The van der Waals surface area contributed by atoms with Crippen LogP contribution in [0.4, 0.5) is 4.79 Å². The molecule has 0 N–H and O–H groups in total. The van der Waals surface area contributed by atoms with E-state index in [2.05, 4.69) is 51.9 Å². The first-order valence-electron chi connectivity index (χ1n) is 3.32. The Bertz CT molecular complexity index is 105. The van der Waals surface area contributed by atoms with Crippen LogP contribution >= 0.6 is 15.8 Å². The van der Waals surface area contributed by atoms with E-state index in [4.69, 9.17) is 4.79 Å². The second-order valence-electron chi connectivity index (χ2n) is 2.84. The van der Waals surface area contributed by atoms with Gasteiger partial charge in [0, 0.05) is 84.6 Å².